The van der Waals surface area contributed by atoms with Crippen LogP contribution >= 0.6 is 0 Å². The summed E-state index contributed by atoms with van der Waals surface area (Å²) in [5, 5.41) is 23.2. The van der Waals surface area contributed by atoms with E-state index in [9.17, 15) is 18.0 Å². The molecule has 7 nitrogen and oxygen atoms in total. The van der Waals surface area contributed by atoms with Crippen LogP contribution in [0.2, 0.25) is 0 Å². The number of aromatic nitrogens is 2. The van der Waals surface area contributed by atoms with Gasteiger partial charge in [0, 0.05) is 23.1 Å². The third kappa shape index (κ3) is 4.00. The molecule has 0 aliphatic rings. The molecule has 3 aromatic rings. The maximum Gasteiger partial charge on any atom is 0.333 e. The minimum atomic E-state index is -2.85. The van der Waals surface area contributed by atoms with Gasteiger partial charge in [-0.15, -0.1) is 0 Å². The Morgan fingerprint density at radius 1 is 1.30 bits per heavy atom. The van der Waals surface area contributed by atoms with Gasteiger partial charge in [-0.05, 0) is 48.9 Å². The predicted octanol–water partition coefficient (Wildman–Crippen LogP) is 3.85. The zero-order chi connectivity index (χ0) is 22.0. The summed E-state index contributed by atoms with van der Waals surface area (Å²) in [4.78, 5) is 12.6. The number of amides is 1. The van der Waals surface area contributed by atoms with Crippen molar-refractivity contribution in [1.29, 1.82) is 10.7 Å². The fourth-order valence-corrected chi connectivity index (χ4v) is 2.86. The highest BCUT2D eigenvalue weighted by Crippen LogP contribution is 2.23. The van der Waals surface area contributed by atoms with Crippen molar-refractivity contribution in [2.24, 2.45) is 0 Å². The zero-order valence-corrected chi connectivity index (χ0v) is 15.6. The van der Waals surface area contributed by atoms with Gasteiger partial charge >= 0.3 is 6.55 Å². The van der Waals surface area contributed by atoms with Gasteiger partial charge in [-0.1, -0.05) is 0 Å². The van der Waals surface area contributed by atoms with E-state index >= 15 is 0 Å². The minimum Gasteiger partial charge on any atom is -0.398 e. The molecule has 0 spiro atoms. The van der Waals surface area contributed by atoms with Gasteiger partial charge in [0.1, 0.15) is 11.5 Å². The number of carbonyl (C=O) groups excluding carboxylic acids is 1. The lowest BCUT2D eigenvalue weighted by Gasteiger charge is -2.12. The second kappa shape index (κ2) is 8.08. The van der Waals surface area contributed by atoms with Crippen LogP contribution in [0.1, 0.15) is 39.3 Å². The second-order valence-corrected chi connectivity index (χ2v) is 6.35. The summed E-state index contributed by atoms with van der Waals surface area (Å²) in [5.74, 6) is -1.59. The standard InChI is InChI=1S/C20H15F3N6O/c1-10-6-11(9-24)7-14(21)17(10)19(30)27-12-2-3-15(25)13(8-12)18(26)16-4-5-29(28-16)20(22)23/h2-8,20,26H,25H2,1H3,(H,27,30). The van der Waals surface area contributed by atoms with Gasteiger partial charge in [-0.25, -0.2) is 9.07 Å². The highest BCUT2D eigenvalue weighted by Gasteiger charge is 2.18. The molecular formula is C20H15F3N6O. The van der Waals surface area contributed by atoms with Gasteiger partial charge < -0.3 is 11.1 Å². The van der Waals surface area contributed by atoms with Gasteiger partial charge in [0.2, 0.25) is 0 Å². The third-order valence-electron chi connectivity index (χ3n) is 4.29. The third-order valence-corrected chi connectivity index (χ3v) is 4.29. The number of anilines is 2. The number of hydrogen-bond acceptors (Lipinski definition) is 5. The summed E-state index contributed by atoms with van der Waals surface area (Å²) in [5.41, 5.74) is 6.33. The molecule has 0 radical (unpaired) electrons. The Labute approximate surface area is 169 Å². The summed E-state index contributed by atoms with van der Waals surface area (Å²) >= 11 is 0. The van der Waals surface area contributed by atoms with Crippen LogP contribution < -0.4 is 11.1 Å². The Bertz CT molecular complexity index is 1170. The van der Waals surface area contributed by atoms with E-state index in [-0.39, 0.29) is 45.0 Å². The van der Waals surface area contributed by atoms with Crippen molar-refractivity contribution in [3.05, 3.63) is 76.4 Å². The Morgan fingerprint density at radius 3 is 2.63 bits per heavy atom. The summed E-state index contributed by atoms with van der Waals surface area (Å²) in [6.45, 7) is -1.34. The average Bonchev–Trinajstić information content (AvgIpc) is 3.19. The van der Waals surface area contributed by atoms with E-state index in [0.29, 0.717) is 4.68 Å². The molecule has 0 fully saturated rings. The number of nitrogens with one attached hydrogen (secondary N) is 2. The molecule has 0 aliphatic heterocycles. The number of halogens is 3. The normalized spacial score (nSPS) is 10.7. The number of nitrogen functional groups attached to an aromatic ring is 1. The molecule has 152 valence electrons. The minimum absolute atomic E-state index is 0.0283. The Hall–Kier alpha value is -4.13. The SMILES string of the molecule is Cc1cc(C#N)cc(F)c1C(=O)Nc1ccc(N)c(C(=N)c2ccn(C(F)F)n2)c1. The van der Waals surface area contributed by atoms with Crippen molar-refractivity contribution in [2.45, 2.75) is 13.5 Å². The number of nitrogens with zero attached hydrogens (tertiary/aromatic N) is 3. The van der Waals surface area contributed by atoms with E-state index < -0.39 is 18.3 Å². The van der Waals surface area contributed by atoms with E-state index in [1.807, 2.05) is 6.07 Å². The Morgan fingerprint density at radius 2 is 2.03 bits per heavy atom. The molecule has 0 saturated carbocycles. The van der Waals surface area contributed by atoms with Gasteiger partial charge in [-0.2, -0.15) is 19.1 Å². The summed E-state index contributed by atoms with van der Waals surface area (Å²) in [6.07, 6.45) is 1.03. The molecule has 2 aromatic carbocycles. The predicted molar refractivity (Wildman–Crippen MR) is 104 cm³/mol. The highest BCUT2D eigenvalue weighted by molar-refractivity contribution is 6.14. The highest BCUT2D eigenvalue weighted by atomic mass is 19.3. The molecular weight excluding hydrogens is 397 g/mol. The van der Waals surface area contributed by atoms with Crippen LogP contribution in [0.4, 0.5) is 24.5 Å². The summed E-state index contributed by atoms with van der Waals surface area (Å²) in [6, 6.07) is 9.66. The fourth-order valence-electron chi connectivity index (χ4n) is 2.86. The van der Waals surface area contributed by atoms with Crippen LogP contribution in [-0.2, 0) is 0 Å². The number of benzene rings is 2. The lowest BCUT2D eigenvalue weighted by molar-refractivity contribution is 0.0565. The van der Waals surface area contributed by atoms with E-state index in [1.54, 1.807) is 0 Å². The molecule has 0 aliphatic carbocycles. The largest absolute Gasteiger partial charge is 0.398 e. The number of hydrogen-bond donors (Lipinski definition) is 3. The van der Waals surface area contributed by atoms with Crippen LogP contribution in [0.25, 0.3) is 0 Å². The molecule has 1 aromatic heterocycles. The van der Waals surface area contributed by atoms with Crippen molar-refractivity contribution in [3.63, 3.8) is 0 Å². The number of alkyl halides is 2. The molecule has 1 heterocycles. The Balaban J connectivity index is 1.89. The first-order chi connectivity index (χ1) is 14.2. The van der Waals surface area contributed by atoms with Crippen molar-refractivity contribution in [3.8, 4) is 6.07 Å². The van der Waals surface area contributed by atoms with Gasteiger partial charge in [-0.3, -0.25) is 10.2 Å². The number of aryl methyl sites for hydroxylation is 1. The Kier molecular flexibility index (Phi) is 5.55. The zero-order valence-electron chi connectivity index (χ0n) is 15.6. The van der Waals surface area contributed by atoms with E-state index in [4.69, 9.17) is 16.4 Å². The fraction of sp³-hybridized carbons (Fsp3) is 0.100. The summed E-state index contributed by atoms with van der Waals surface area (Å²) < 4.78 is 40.1. The van der Waals surface area contributed by atoms with E-state index in [2.05, 4.69) is 10.4 Å². The first-order valence-corrected chi connectivity index (χ1v) is 8.55. The molecule has 0 saturated heterocycles. The number of nitriles is 1. The van der Waals surface area contributed by atoms with Crippen LogP contribution in [0.5, 0.6) is 0 Å². The smallest absolute Gasteiger partial charge is 0.333 e. The molecule has 1 amide bonds. The molecule has 4 N–H and O–H groups in total. The maximum absolute atomic E-state index is 14.3. The molecule has 3 rings (SSSR count). The van der Waals surface area contributed by atoms with Gasteiger partial charge in [0.15, 0.2) is 0 Å². The van der Waals surface area contributed by atoms with E-state index in [1.165, 1.54) is 37.3 Å². The van der Waals surface area contributed by atoms with Crippen molar-refractivity contribution >= 4 is 23.0 Å². The van der Waals surface area contributed by atoms with Crippen LogP contribution in [0.15, 0.2) is 42.6 Å². The van der Waals surface area contributed by atoms with Crippen LogP contribution in [0.3, 0.4) is 0 Å². The van der Waals surface area contributed by atoms with Crippen molar-refractivity contribution in [1.82, 2.24) is 9.78 Å². The second-order valence-electron chi connectivity index (χ2n) is 6.35. The van der Waals surface area contributed by atoms with Crippen molar-refractivity contribution in [2.75, 3.05) is 11.1 Å². The quantitative estimate of drug-likeness (QED) is 0.435. The average molecular weight is 412 g/mol. The molecule has 10 heteroatoms. The molecule has 30 heavy (non-hydrogen) atoms. The molecule has 0 bridgehead atoms. The lowest BCUT2D eigenvalue weighted by atomic mass is 10.0. The molecule has 0 unspecified atom stereocenters. The first-order valence-electron chi connectivity index (χ1n) is 8.55. The monoisotopic (exact) mass is 412 g/mol. The number of rotatable bonds is 5. The maximum atomic E-state index is 14.3. The first kappa shape index (κ1) is 20.6. The number of carbonyl (C=O) groups is 1. The van der Waals surface area contributed by atoms with Gasteiger partial charge in [0.05, 0.1) is 22.9 Å². The summed E-state index contributed by atoms with van der Waals surface area (Å²) in [7, 11) is 0. The number of nitrogens with two attached hydrogens (primary N) is 1. The van der Waals surface area contributed by atoms with Gasteiger partial charge in [0.25, 0.3) is 5.91 Å². The molecule has 0 atom stereocenters. The van der Waals surface area contributed by atoms with Crippen LogP contribution in [0, 0.1) is 29.5 Å². The van der Waals surface area contributed by atoms with E-state index in [0.717, 1.165) is 12.3 Å². The lowest BCUT2D eigenvalue weighted by Crippen LogP contribution is -2.16. The van der Waals surface area contributed by atoms with Crippen LogP contribution in [-0.4, -0.2) is 21.4 Å². The van der Waals surface area contributed by atoms with Crippen molar-refractivity contribution < 1.29 is 18.0 Å². The topological polar surface area (TPSA) is 121 Å².